The molecule has 1 aliphatic rings. The van der Waals surface area contributed by atoms with Gasteiger partial charge in [0.25, 0.3) is 0 Å². The second-order valence-electron chi connectivity index (χ2n) is 6.02. The molecule has 0 aromatic heterocycles. The van der Waals surface area contributed by atoms with Crippen LogP contribution in [0.2, 0.25) is 0 Å². The van der Waals surface area contributed by atoms with Gasteiger partial charge >= 0.3 is 0 Å². The van der Waals surface area contributed by atoms with E-state index in [-0.39, 0.29) is 0 Å². The molecule has 2 rings (SSSR count). The number of piperidine rings is 1. The lowest BCUT2D eigenvalue weighted by molar-refractivity contribution is 0.190. The van der Waals surface area contributed by atoms with Crippen LogP contribution in [0, 0.1) is 5.92 Å². The van der Waals surface area contributed by atoms with Crippen LogP contribution in [0.3, 0.4) is 0 Å². The van der Waals surface area contributed by atoms with E-state index in [1.807, 2.05) is 0 Å². The summed E-state index contributed by atoms with van der Waals surface area (Å²) >= 11 is 0. The highest BCUT2D eigenvalue weighted by Gasteiger charge is 2.17. The molecule has 1 aromatic carbocycles. The molecule has 0 bridgehead atoms. The number of benzene rings is 1. The molecule has 2 nitrogen and oxygen atoms in total. The van der Waals surface area contributed by atoms with Crippen molar-refractivity contribution in [3.05, 3.63) is 35.9 Å². The van der Waals surface area contributed by atoms with E-state index in [4.69, 9.17) is 0 Å². The number of hydrogen-bond acceptors (Lipinski definition) is 2. The van der Waals surface area contributed by atoms with Gasteiger partial charge in [-0.05, 0) is 76.3 Å². The Morgan fingerprint density at radius 1 is 1.10 bits per heavy atom. The third-order valence-corrected chi connectivity index (χ3v) is 4.50. The minimum absolute atomic E-state index is 0.909. The first-order chi connectivity index (χ1) is 9.88. The Kier molecular flexibility index (Phi) is 7.10. The van der Waals surface area contributed by atoms with E-state index < -0.39 is 0 Å². The molecule has 0 radical (unpaired) electrons. The first-order valence-electron chi connectivity index (χ1n) is 8.35. The molecule has 0 atom stereocenters. The molecule has 0 unspecified atom stereocenters. The summed E-state index contributed by atoms with van der Waals surface area (Å²) in [6, 6.07) is 10.8. The van der Waals surface area contributed by atoms with Gasteiger partial charge in [-0.25, -0.2) is 0 Å². The Morgan fingerprint density at radius 3 is 2.55 bits per heavy atom. The van der Waals surface area contributed by atoms with Crippen molar-refractivity contribution in [2.24, 2.45) is 5.92 Å². The van der Waals surface area contributed by atoms with Gasteiger partial charge in [0.1, 0.15) is 0 Å². The zero-order valence-corrected chi connectivity index (χ0v) is 13.0. The van der Waals surface area contributed by atoms with Gasteiger partial charge in [0.15, 0.2) is 0 Å². The minimum atomic E-state index is 0.909. The second kappa shape index (κ2) is 9.15. The summed E-state index contributed by atoms with van der Waals surface area (Å²) in [6.07, 6.45) is 6.57. The number of aryl methyl sites for hydroxylation is 1. The smallest absolute Gasteiger partial charge is 0.00157 e. The minimum Gasteiger partial charge on any atom is -0.316 e. The summed E-state index contributed by atoms with van der Waals surface area (Å²) in [5.41, 5.74) is 1.47. The molecule has 1 N–H and O–H groups in total. The Bertz CT molecular complexity index is 342. The van der Waals surface area contributed by atoms with Crippen LogP contribution in [0.1, 0.15) is 38.2 Å². The van der Waals surface area contributed by atoms with Gasteiger partial charge in [-0.3, -0.25) is 0 Å². The van der Waals surface area contributed by atoms with E-state index in [0.29, 0.717) is 0 Å². The van der Waals surface area contributed by atoms with Crippen molar-refractivity contribution in [3.8, 4) is 0 Å². The topological polar surface area (TPSA) is 15.3 Å². The fraction of sp³-hybridized carbons (Fsp3) is 0.667. The Morgan fingerprint density at radius 2 is 1.85 bits per heavy atom. The van der Waals surface area contributed by atoms with Crippen LogP contribution in [-0.4, -0.2) is 37.6 Å². The third-order valence-electron chi connectivity index (χ3n) is 4.50. The molecular formula is C18H30N2. The van der Waals surface area contributed by atoms with Crippen LogP contribution < -0.4 is 5.32 Å². The Hall–Kier alpha value is -0.860. The number of nitrogens with zero attached hydrogens (tertiary/aromatic N) is 1. The monoisotopic (exact) mass is 274 g/mol. The fourth-order valence-electron chi connectivity index (χ4n) is 3.04. The highest BCUT2D eigenvalue weighted by Crippen LogP contribution is 2.15. The average Bonchev–Trinajstić information content (AvgIpc) is 2.52. The second-order valence-corrected chi connectivity index (χ2v) is 6.02. The molecule has 0 amide bonds. The van der Waals surface area contributed by atoms with Gasteiger partial charge in [0.2, 0.25) is 0 Å². The number of likely N-dealkylation sites (tertiary alicyclic amines) is 1. The van der Waals surface area contributed by atoms with Crippen LogP contribution >= 0.6 is 0 Å². The molecule has 20 heavy (non-hydrogen) atoms. The van der Waals surface area contributed by atoms with E-state index in [9.17, 15) is 0 Å². The quantitative estimate of drug-likeness (QED) is 0.732. The first-order valence-corrected chi connectivity index (χ1v) is 8.35. The standard InChI is InChI=1S/C18H30N2/c1-2-20-14-11-18(12-15-20)16-19-13-7-6-10-17-8-4-3-5-9-17/h3-5,8-9,18-19H,2,6-7,10-16H2,1H3. The molecule has 112 valence electrons. The molecule has 0 aliphatic carbocycles. The van der Waals surface area contributed by atoms with Crippen molar-refractivity contribution >= 4 is 0 Å². The van der Waals surface area contributed by atoms with E-state index in [1.54, 1.807) is 0 Å². The lowest BCUT2D eigenvalue weighted by Crippen LogP contribution is -2.37. The van der Waals surface area contributed by atoms with Crippen LogP contribution in [0.25, 0.3) is 0 Å². The summed E-state index contributed by atoms with van der Waals surface area (Å²) in [4.78, 5) is 2.57. The molecule has 0 saturated carbocycles. The lowest BCUT2D eigenvalue weighted by Gasteiger charge is -2.31. The fourth-order valence-corrected chi connectivity index (χ4v) is 3.04. The summed E-state index contributed by atoms with van der Waals surface area (Å²) in [5, 5.41) is 3.66. The molecule has 1 fully saturated rings. The normalized spacial score (nSPS) is 17.4. The van der Waals surface area contributed by atoms with Crippen molar-refractivity contribution in [1.29, 1.82) is 0 Å². The highest BCUT2D eigenvalue weighted by atomic mass is 15.1. The molecule has 1 saturated heterocycles. The van der Waals surface area contributed by atoms with Gasteiger partial charge in [0.05, 0.1) is 0 Å². The highest BCUT2D eigenvalue weighted by molar-refractivity contribution is 5.14. The van der Waals surface area contributed by atoms with Gasteiger partial charge in [-0.1, -0.05) is 37.3 Å². The zero-order valence-electron chi connectivity index (χ0n) is 13.0. The van der Waals surface area contributed by atoms with E-state index >= 15 is 0 Å². The summed E-state index contributed by atoms with van der Waals surface area (Å²) < 4.78 is 0. The maximum Gasteiger partial charge on any atom is -0.00157 e. The molecule has 1 aromatic rings. The van der Waals surface area contributed by atoms with Crippen molar-refractivity contribution in [2.75, 3.05) is 32.7 Å². The van der Waals surface area contributed by atoms with E-state index in [1.165, 1.54) is 70.4 Å². The maximum atomic E-state index is 3.66. The largest absolute Gasteiger partial charge is 0.316 e. The summed E-state index contributed by atoms with van der Waals surface area (Å²) in [5.74, 6) is 0.909. The van der Waals surface area contributed by atoms with Crippen molar-refractivity contribution < 1.29 is 0 Å². The predicted octanol–water partition coefficient (Wildman–Crippen LogP) is 3.33. The van der Waals surface area contributed by atoms with E-state index in [0.717, 1.165) is 5.92 Å². The van der Waals surface area contributed by atoms with Crippen molar-refractivity contribution in [1.82, 2.24) is 10.2 Å². The zero-order chi connectivity index (χ0) is 14.0. The van der Waals surface area contributed by atoms with Crippen LogP contribution in [0.15, 0.2) is 30.3 Å². The van der Waals surface area contributed by atoms with Crippen LogP contribution in [0.5, 0.6) is 0 Å². The number of rotatable bonds is 8. The lowest BCUT2D eigenvalue weighted by atomic mass is 9.97. The molecule has 1 heterocycles. The number of unbranched alkanes of at least 4 members (excludes halogenated alkanes) is 1. The summed E-state index contributed by atoms with van der Waals surface area (Å²) in [7, 11) is 0. The van der Waals surface area contributed by atoms with Crippen LogP contribution in [-0.2, 0) is 6.42 Å². The van der Waals surface area contributed by atoms with Gasteiger partial charge < -0.3 is 10.2 Å². The Labute approximate surface area is 124 Å². The summed E-state index contributed by atoms with van der Waals surface area (Å²) in [6.45, 7) is 8.50. The predicted molar refractivity (Wildman–Crippen MR) is 87.1 cm³/mol. The molecule has 1 aliphatic heterocycles. The average molecular weight is 274 g/mol. The molecule has 2 heteroatoms. The maximum absolute atomic E-state index is 3.66. The van der Waals surface area contributed by atoms with Gasteiger partial charge in [-0.2, -0.15) is 0 Å². The SMILES string of the molecule is CCN1CCC(CNCCCCc2ccccc2)CC1. The first kappa shape index (κ1) is 15.5. The molecular weight excluding hydrogens is 244 g/mol. The van der Waals surface area contributed by atoms with Crippen molar-refractivity contribution in [3.63, 3.8) is 0 Å². The van der Waals surface area contributed by atoms with Gasteiger partial charge in [-0.15, -0.1) is 0 Å². The number of nitrogens with one attached hydrogen (secondary N) is 1. The third kappa shape index (κ3) is 5.64. The van der Waals surface area contributed by atoms with Gasteiger partial charge in [0, 0.05) is 0 Å². The number of hydrogen-bond donors (Lipinski definition) is 1. The van der Waals surface area contributed by atoms with E-state index in [2.05, 4.69) is 47.5 Å². The van der Waals surface area contributed by atoms with Crippen molar-refractivity contribution in [2.45, 2.75) is 39.0 Å². The van der Waals surface area contributed by atoms with Crippen LogP contribution in [0.4, 0.5) is 0 Å². The Balaban J connectivity index is 1.46. The molecule has 0 spiro atoms.